The van der Waals surface area contributed by atoms with E-state index in [-0.39, 0.29) is 48.1 Å². The van der Waals surface area contributed by atoms with Gasteiger partial charge in [-0.1, -0.05) is 61.5 Å². The van der Waals surface area contributed by atoms with Crippen LogP contribution in [-0.2, 0) is 35.7 Å². The molecular weight excluding hydrogens is 945 g/mol. The largest absolute Gasteiger partial charge is 0.492 e. The number of fused-ring (bicyclic) bond motifs is 4. The molecule has 3 aromatic carbocycles. The van der Waals surface area contributed by atoms with E-state index in [0.717, 1.165) is 76.4 Å². The van der Waals surface area contributed by atoms with Crippen molar-refractivity contribution in [3.8, 4) is 17.0 Å². The van der Waals surface area contributed by atoms with E-state index in [4.69, 9.17) is 23.7 Å². The number of piperazine rings is 1. The quantitative estimate of drug-likeness (QED) is 0.0560. The maximum absolute atomic E-state index is 13.3. The summed E-state index contributed by atoms with van der Waals surface area (Å²) in [7, 11) is 0. The highest BCUT2D eigenvalue weighted by molar-refractivity contribution is 7.23. The van der Waals surface area contributed by atoms with Crippen LogP contribution in [0, 0.1) is 0 Å². The number of benzene rings is 3. The fraction of sp³-hybridized carbons (Fsp3) is 0.412. The molecule has 2 saturated heterocycles. The third kappa shape index (κ3) is 11.8. The number of aryl methyl sites for hydroxylation is 1. The van der Waals surface area contributed by atoms with E-state index in [1.165, 1.54) is 6.07 Å². The van der Waals surface area contributed by atoms with E-state index in [0.29, 0.717) is 62.4 Å². The first-order chi connectivity index (χ1) is 34.8. The number of urea groups is 1. The van der Waals surface area contributed by atoms with Crippen molar-refractivity contribution >= 4 is 73.6 Å². The zero-order valence-electron chi connectivity index (χ0n) is 40.5. The molecule has 0 saturated carbocycles. The molecule has 3 aromatic heterocycles. The van der Waals surface area contributed by atoms with Crippen molar-refractivity contribution < 1.29 is 47.5 Å². The highest BCUT2D eigenvalue weighted by Gasteiger charge is 2.45. The van der Waals surface area contributed by atoms with Crippen molar-refractivity contribution in [2.24, 2.45) is 0 Å². The van der Waals surface area contributed by atoms with Crippen LogP contribution < -0.4 is 26.0 Å². The number of hydrogen-bond donors (Lipinski definition) is 4. The molecule has 0 spiro atoms. The van der Waals surface area contributed by atoms with Gasteiger partial charge in [-0.2, -0.15) is 0 Å². The molecule has 1 unspecified atom stereocenters. The van der Waals surface area contributed by atoms with Crippen LogP contribution in [0.2, 0.25) is 0 Å². The van der Waals surface area contributed by atoms with E-state index in [1.54, 1.807) is 29.5 Å². The second-order valence-electron chi connectivity index (χ2n) is 18.9. The molecule has 3 aliphatic rings. The highest BCUT2D eigenvalue weighted by atomic mass is 32.1. The lowest BCUT2D eigenvalue weighted by atomic mass is 9.93. The van der Waals surface area contributed by atoms with Gasteiger partial charge in [-0.15, -0.1) is 0 Å². The Morgan fingerprint density at radius 2 is 1.61 bits per heavy atom. The van der Waals surface area contributed by atoms with E-state index in [9.17, 15) is 28.8 Å². The first kappa shape index (κ1) is 49.9. The van der Waals surface area contributed by atoms with Gasteiger partial charge in [0.15, 0.2) is 10.8 Å². The van der Waals surface area contributed by atoms with Gasteiger partial charge in [-0.25, -0.2) is 9.78 Å². The maximum atomic E-state index is 13.3. The van der Waals surface area contributed by atoms with Gasteiger partial charge in [0.2, 0.25) is 17.7 Å². The fourth-order valence-corrected chi connectivity index (χ4v) is 9.87. The van der Waals surface area contributed by atoms with Crippen LogP contribution >= 0.6 is 11.3 Å². The van der Waals surface area contributed by atoms with Crippen LogP contribution in [0.5, 0.6) is 5.75 Å². The van der Waals surface area contributed by atoms with Gasteiger partial charge in [0.1, 0.15) is 24.2 Å². The van der Waals surface area contributed by atoms with Crippen molar-refractivity contribution in [2.75, 3.05) is 89.5 Å². The van der Waals surface area contributed by atoms with Crippen molar-refractivity contribution in [1.82, 2.24) is 39.9 Å². The molecule has 0 aliphatic carbocycles. The second-order valence-corrected chi connectivity index (χ2v) is 19.9. The number of thiazole rings is 1. The molecule has 0 bridgehead atoms. The summed E-state index contributed by atoms with van der Waals surface area (Å²) < 4.78 is 26.2. The number of ether oxygens (including phenoxy) is 3. The number of imide groups is 2. The van der Waals surface area contributed by atoms with Crippen LogP contribution in [0.15, 0.2) is 77.4 Å². The van der Waals surface area contributed by atoms with Crippen molar-refractivity contribution in [3.63, 3.8) is 0 Å². The average molecular weight is 1000 g/mol. The Labute approximate surface area is 419 Å². The smallest absolute Gasteiger partial charge is 0.324 e. The predicted octanol–water partition coefficient (Wildman–Crippen LogP) is 5.33. The summed E-state index contributed by atoms with van der Waals surface area (Å²) in [6.07, 6.45) is 2.48. The fourth-order valence-electron chi connectivity index (χ4n) is 8.84. The Morgan fingerprint density at radius 3 is 2.35 bits per heavy atom. The van der Waals surface area contributed by atoms with Crippen LogP contribution in [0.4, 0.5) is 16.3 Å². The first-order valence-electron chi connectivity index (χ1n) is 24.2. The Morgan fingerprint density at radius 1 is 0.861 bits per heavy atom. The van der Waals surface area contributed by atoms with E-state index in [2.05, 4.69) is 52.8 Å². The molecule has 3 aliphatic heterocycles. The van der Waals surface area contributed by atoms with Crippen LogP contribution in [0.1, 0.15) is 72.1 Å². The molecule has 1 atom stereocenters. The topological polar surface area (TPSA) is 231 Å². The van der Waals surface area contributed by atoms with Crippen LogP contribution in [0.3, 0.4) is 0 Å². The van der Waals surface area contributed by atoms with E-state index >= 15 is 0 Å². The third-order valence-electron chi connectivity index (χ3n) is 12.8. The summed E-state index contributed by atoms with van der Waals surface area (Å²) in [5.41, 5.74) is 4.19. The minimum Gasteiger partial charge on any atom is -0.492 e. The molecule has 0 radical (unpaired) electrons. The number of anilines is 2. The number of aromatic nitrogens is 3. The number of hydrogen-bond acceptors (Lipinski definition) is 15. The van der Waals surface area contributed by atoms with Gasteiger partial charge in [0.05, 0.1) is 53.5 Å². The average Bonchev–Trinajstić information content (AvgIpc) is 4.14. The number of imidazole rings is 1. The number of nitrogens with zero attached hydrogens (tertiary/aromatic N) is 6. The van der Waals surface area contributed by atoms with Gasteiger partial charge in [0, 0.05) is 87.6 Å². The number of carbonyl (C=O) groups is 6. The molecule has 72 heavy (non-hydrogen) atoms. The number of carbonyl (C=O) groups excluding carboxylic acids is 6. The summed E-state index contributed by atoms with van der Waals surface area (Å²) >= 11 is 1.61. The van der Waals surface area contributed by atoms with Crippen molar-refractivity contribution in [1.29, 1.82) is 0 Å². The minimum atomic E-state index is -1.04. The number of rotatable bonds is 20. The summed E-state index contributed by atoms with van der Waals surface area (Å²) in [6.45, 7) is 14.2. The van der Waals surface area contributed by atoms with Crippen LogP contribution in [-0.4, -0.2) is 150 Å². The summed E-state index contributed by atoms with van der Waals surface area (Å²) in [5.74, 6) is -0.617. The third-order valence-corrected chi connectivity index (χ3v) is 13.8. The van der Waals surface area contributed by atoms with E-state index in [1.807, 2.05) is 57.3 Å². The summed E-state index contributed by atoms with van der Waals surface area (Å²) in [6, 6.07) is 18.8. The number of piperidine rings is 1. The Kier molecular flexibility index (Phi) is 15.4. The number of nitrogens with one attached hydrogen (secondary N) is 4. The Balaban J connectivity index is 0.609. The van der Waals surface area contributed by atoms with E-state index < -0.39 is 35.7 Å². The molecule has 2 fully saturated rings. The molecule has 4 N–H and O–H groups in total. The van der Waals surface area contributed by atoms with Gasteiger partial charge in [-0.05, 0) is 54.8 Å². The normalized spacial score (nSPS) is 16.7. The number of amides is 7. The predicted molar refractivity (Wildman–Crippen MR) is 268 cm³/mol. The summed E-state index contributed by atoms with van der Waals surface area (Å²) in [5, 5.41) is 14.5. The molecule has 7 amide bonds. The van der Waals surface area contributed by atoms with Gasteiger partial charge in [-0.3, -0.25) is 53.7 Å². The molecule has 6 aromatic rings. The van der Waals surface area contributed by atoms with Gasteiger partial charge in [0.25, 0.3) is 11.8 Å². The Bertz CT molecular complexity index is 2970. The first-order valence-corrected chi connectivity index (χ1v) is 25.0. The Hall–Kier alpha value is -7.04. The van der Waals surface area contributed by atoms with Crippen molar-refractivity contribution in [3.05, 3.63) is 95.4 Å². The van der Waals surface area contributed by atoms with Crippen LogP contribution in [0.25, 0.3) is 26.4 Å². The zero-order valence-corrected chi connectivity index (χ0v) is 41.3. The van der Waals surface area contributed by atoms with Gasteiger partial charge >= 0.3 is 6.03 Å². The molecule has 20 nitrogen and oxygen atoms in total. The van der Waals surface area contributed by atoms with Crippen molar-refractivity contribution in [2.45, 2.75) is 57.9 Å². The van der Waals surface area contributed by atoms with Gasteiger partial charge < -0.3 is 29.4 Å². The molecule has 9 rings (SSSR count). The molecule has 378 valence electrons. The molecular formula is C51H58N10O10S. The monoisotopic (exact) mass is 1000 g/mol. The summed E-state index contributed by atoms with van der Waals surface area (Å²) in [4.78, 5) is 87.1. The zero-order chi connectivity index (χ0) is 50.4. The molecule has 6 heterocycles. The maximum Gasteiger partial charge on any atom is 0.324 e. The second kappa shape index (κ2) is 22.2. The standard InChI is InChI=1S/C51H58N10O10S/c1-51(2,3)41-30-42(57-71-41)55-49(67)53-34-10-7-32(8-11-34)37-31-60-38-13-12-35(29-40(38)72-50(60)54-37)70-26-23-59-20-18-58(19-21-59)22-25-69-28-27-68-24-17-52-43(62)15-9-33-5-4-6-36-45(33)48(66)61(47(36)65)39-14-16-44(63)56-46(39)64/h4-8,10-13,29-31,39H,9,14-28H2,1-3H3,(H,52,62)(H,56,63,64)(H2,53,55,57,67). The lowest BCUT2D eigenvalue weighted by Crippen LogP contribution is -2.54. The lowest BCUT2D eigenvalue weighted by Gasteiger charge is -2.34. The highest BCUT2D eigenvalue weighted by Crippen LogP contribution is 2.33. The minimum absolute atomic E-state index is 0.0425. The SMILES string of the molecule is CC(C)(C)c1cc(NC(=O)Nc2ccc(-c3cn4c(n3)sc3cc(OCCN5CCN(CCOCCOCCNC(=O)CCc6cccc7c6C(=O)N(C6CCC(=O)NC6=O)C7=O)CC5)ccc34)cc2)no1. The lowest BCUT2D eigenvalue weighted by molar-refractivity contribution is -0.136. The molecule has 21 heteroatoms.